The maximum absolute atomic E-state index is 13.8. The molecule has 2 aromatic heterocycles. The first-order chi connectivity index (χ1) is 12.3. The molecular formula is C16H16F2N6O2. The first-order valence-corrected chi connectivity index (χ1v) is 7.32. The van der Waals surface area contributed by atoms with Gasteiger partial charge in [-0.3, -0.25) is 9.80 Å². The Hall–Kier alpha value is -3.56. The zero-order chi connectivity index (χ0) is 19.3. The summed E-state index contributed by atoms with van der Waals surface area (Å²) in [5.74, 6) is -2.98. The second-order valence-corrected chi connectivity index (χ2v) is 5.35. The quantitative estimate of drug-likeness (QED) is 0.376. The number of fused-ring (bicyclic) bond motifs is 1. The minimum Gasteiger partial charge on any atom is -0.396 e. The smallest absolute Gasteiger partial charge is 0.261 e. The molecule has 0 fully saturated rings. The number of carbonyl (C=O) groups excluding carboxylic acids is 1. The molecule has 0 spiro atoms. The summed E-state index contributed by atoms with van der Waals surface area (Å²) in [6.45, 7) is 0. The van der Waals surface area contributed by atoms with Crippen LogP contribution in [-0.2, 0) is 0 Å². The van der Waals surface area contributed by atoms with Gasteiger partial charge in [-0.25, -0.2) is 13.8 Å². The second kappa shape index (κ2) is 8.01. The Kier molecular flexibility index (Phi) is 5.78. The number of anilines is 2. The van der Waals surface area contributed by atoms with E-state index in [1.807, 2.05) is 0 Å². The third-order valence-corrected chi connectivity index (χ3v) is 3.17. The van der Waals surface area contributed by atoms with Crippen molar-refractivity contribution in [3.05, 3.63) is 58.8 Å². The van der Waals surface area contributed by atoms with Crippen LogP contribution < -0.4 is 11.1 Å². The van der Waals surface area contributed by atoms with Crippen LogP contribution in [0.2, 0.25) is 0 Å². The molecule has 4 N–H and O–H groups in total. The molecule has 1 aromatic carbocycles. The van der Waals surface area contributed by atoms with Crippen LogP contribution in [0, 0.1) is 16.5 Å². The number of amides is 1. The van der Waals surface area contributed by atoms with Crippen molar-refractivity contribution in [1.82, 2.24) is 15.0 Å². The largest absolute Gasteiger partial charge is 0.396 e. The number of nitrogens with one attached hydrogen (secondary N) is 2. The SMILES string of the molecule is CN(C)N=O.Nc1ccc(F)c(C(=O)Nc2cnc3[nH]ccc3c2)c1F. The lowest BCUT2D eigenvalue weighted by molar-refractivity contribution is 0.101. The van der Waals surface area contributed by atoms with Crippen LogP contribution in [0.5, 0.6) is 0 Å². The normalized spacial score (nSPS) is 10.0. The van der Waals surface area contributed by atoms with E-state index in [0.717, 1.165) is 17.5 Å². The number of halogens is 2. The molecule has 0 aliphatic heterocycles. The molecule has 3 rings (SSSR count). The van der Waals surface area contributed by atoms with Crippen LogP contribution in [0.1, 0.15) is 10.4 Å². The fourth-order valence-corrected chi connectivity index (χ4v) is 1.98. The van der Waals surface area contributed by atoms with Gasteiger partial charge in [0.25, 0.3) is 5.91 Å². The number of nitrogens with zero attached hydrogens (tertiary/aromatic N) is 3. The number of nitroso groups, excluding NO2 is 1. The van der Waals surface area contributed by atoms with Crippen LogP contribution in [-0.4, -0.2) is 35.0 Å². The fourth-order valence-electron chi connectivity index (χ4n) is 1.98. The number of nitrogens with two attached hydrogens (primary N) is 1. The standard InChI is InChI=1S/C14H10F2N4O.C2H6N2O/c15-9-1-2-10(17)12(16)11(9)14(21)20-8-5-7-3-4-18-13(7)19-6-8;1-4(2)3-5/h1-6H,17H2,(H,18,19)(H,20,21);1-2H3. The van der Waals surface area contributed by atoms with Crippen LogP contribution in [0.25, 0.3) is 11.0 Å². The lowest BCUT2D eigenvalue weighted by atomic mass is 10.1. The van der Waals surface area contributed by atoms with Crippen molar-refractivity contribution in [3.63, 3.8) is 0 Å². The molecule has 0 bridgehead atoms. The van der Waals surface area contributed by atoms with Crippen molar-refractivity contribution in [1.29, 1.82) is 0 Å². The monoisotopic (exact) mass is 362 g/mol. The Labute approximate surface area is 147 Å². The third-order valence-electron chi connectivity index (χ3n) is 3.17. The molecule has 2 heterocycles. The van der Waals surface area contributed by atoms with Gasteiger partial charge in [0.15, 0.2) is 5.82 Å². The molecule has 0 radical (unpaired) electrons. The third kappa shape index (κ3) is 4.29. The van der Waals surface area contributed by atoms with Crippen molar-refractivity contribution in [3.8, 4) is 0 Å². The second-order valence-electron chi connectivity index (χ2n) is 5.35. The van der Waals surface area contributed by atoms with E-state index in [2.05, 4.69) is 20.6 Å². The summed E-state index contributed by atoms with van der Waals surface area (Å²) in [5, 5.41) is 6.83. The van der Waals surface area contributed by atoms with Gasteiger partial charge in [-0.15, -0.1) is 4.91 Å². The minimum absolute atomic E-state index is 0.291. The summed E-state index contributed by atoms with van der Waals surface area (Å²) < 4.78 is 27.4. The van der Waals surface area contributed by atoms with E-state index in [9.17, 15) is 18.5 Å². The predicted molar refractivity (Wildman–Crippen MR) is 94.3 cm³/mol. The zero-order valence-electron chi connectivity index (χ0n) is 14.0. The van der Waals surface area contributed by atoms with Crippen molar-refractivity contribution in [2.24, 2.45) is 5.29 Å². The van der Waals surface area contributed by atoms with Gasteiger partial charge in [-0.2, -0.15) is 0 Å². The van der Waals surface area contributed by atoms with Gasteiger partial charge in [0.1, 0.15) is 17.0 Å². The Bertz CT molecular complexity index is 942. The molecule has 0 unspecified atom stereocenters. The highest BCUT2D eigenvalue weighted by Gasteiger charge is 2.19. The van der Waals surface area contributed by atoms with Gasteiger partial charge in [0.05, 0.1) is 22.9 Å². The number of aromatic nitrogens is 2. The minimum atomic E-state index is -1.08. The summed E-state index contributed by atoms with van der Waals surface area (Å²) >= 11 is 0. The first kappa shape index (κ1) is 18.8. The fraction of sp³-hybridized carbons (Fsp3) is 0.125. The number of rotatable bonds is 3. The van der Waals surface area contributed by atoms with Crippen LogP contribution in [0.4, 0.5) is 20.2 Å². The number of pyridine rings is 1. The van der Waals surface area contributed by atoms with Crippen molar-refractivity contribution >= 4 is 28.3 Å². The van der Waals surface area contributed by atoms with E-state index < -0.39 is 23.1 Å². The maximum Gasteiger partial charge on any atom is 0.261 e. The average molecular weight is 362 g/mol. The molecule has 0 saturated heterocycles. The molecule has 0 saturated carbocycles. The van der Waals surface area contributed by atoms with Crippen LogP contribution in [0.15, 0.2) is 41.9 Å². The van der Waals surface area contributed by atoms with Gasteiger partial charge in [0, 0.05) is 25.7 Å². The number of benzene rings is 1. The van der Waals surface area contributed by atoms with Gasteiger partial charge < -0.3 is 16.0 Å². The van der Waals surface area contributed by atoms with E-state index in [0.29, 0.717) is 11.3 Å². The number of hydrogen-bond donors (Lipinski definition) is 3. The molecule has 0 aliphatic carbocycles. The average Bonchev–Trinajstić information content (AvgIpc) is 3.07. The van der Waals surface area contributed by atoms with E-state index >= 15 is 0 Å². The highest BCUT2D eigenvalue weighted by atomic mass is 19.1. The van der Waals surface area contributed by atoms with Crippen molar-refractivity contribution in [2.45, 2.75) is 0 Å². The Balaban J connectivity index is 0.000000431. The molecule has 0 aliphatic rings. The molecular weight excluding hydrogens is 346 g/mol. The number of H-pyrrole nitrogens is 1. The summed E-state index contributed by atoms with van der Waals surface area (Å²) in [4.78, 5) is 28.1. The summed E-state index contributed by atoms with van der Waals surface area (Å²) in [6, 6.07) is 5.41. The van der Waals surface area contributed by atoms with Gasteiger partial charge in [0.2, 0.25) is 0 Å². The lowest BCUT2D eigenvalue weighted by Crippen LogP contribution is -2.17. The molecule has 1 amide bonds. The number of aromatic amines is 1. The van der Waals surface area contributed by atoms with Crippen molar-refractivity contribution < 1.29 is 13.6 Å². The topological polar surface area (TPSA) is 116 Å². The lowest BCUT2D eigenvalue weighted by Gasteiger charge is -2.08. The Morgan fingerprint density at radius 3 is 2.65 bits per heavy atom. The van der Waals surface area contributed by atoms with E-state index in [4.69, 9.17) is 5.73 Å². The maximum atomic E-state index is 13.8. The van der Waals surface area contributed by atoms with Crippen molar-refractivity contribution in [2.75, 3.05) is 25.1 Å². The zero-order valence-corrected chi connectivity index (χ0v) is 14.0. The predicted octanol–water partition coefficient (Wildman–Crippen LogP) is 2.91. The van der Waals surface area contributed by atoms with Gasteiger partial charge in [-0.05, 0) is 24.3 Å². The first-order valence-electron chi connectivity index (χ1n) is 7.32. The van der Waals surface area contributed by atoms with Gasteiger partial charge in [-0.1, -0.05) is 0 Å². The molecule has 3 aromatic rings. The Morgan fingerprint density at radius 2 is 2.00 bits per heavy atom. The molecule has 0 atom stereocenters. The van der Waals surface area contributed by atoms with E-state index in [-0.39, 0.29) is 5.69 Å². The summed E-state index contributed by atoms with van der Waals surface area (Å²) in [7, 11) is 3.15. The van der Waals surface area contributed by atoms with Gasteiger partial charge >= 0.3 is 0 Å². The summed E-state index contributed by atoms with van der Waals surface area (Å²) in [6.07, 6.45) is 3.08. The van der Waals surface area contributed by atoms with Crippen LogP contribution in [0.3, 0.4) is 0 Å². The van der Waals surface area contributed by atoms with E-state index in [1.54, 1.807) is 32.4 Å². The molecule has 136 valence electrons. The molecule has 8 nitrogen and oxygen atoms in total. The molecule has 10 heteroatoms. The van der Waals surface area contributed by atoms with Crippen LogP contribution >= 0.6 is 0 Å². The summed E-state index contributed by atoms with van der Waals surface area (Å²) in [5.41, 5.74) is 5.31. The Morgan fingerprint density at radius 1 is 1.31 bits per heavy atom. The highest BCUT2D eigenvalue weighted by molar-refractivity contribution is 6.05. The number of hydrogen-bond acceptors (Lipinski definition) is 5. The number of nitrogen functional groups attached to an aromatic ring is 1. The molecule has 26 heavy (non-hydrogen) atoms. The van der Waals surface area contributed by atoms with E-state index in [1.165, 1.54) is 11.2 Å². The highest BCUT2D eigenvalue weighted by Crippen LogP contribution is 2.21. The number of carbonyl (C=O) groups is 1.